The predicted molar refractivity (Wildman–Crippen MR) is 123 cm³/mol. The molecule has 1 aromatic carbocycles. The van der Waals surface area contributed by atoms with E-state index in [4.69, 9.17) is 5.10 Å². The van der Waals surface area contributed by atoms with Crippen LogP contribution >= 0.6 is 24.0 Å². The number of nitrogens with one attached hydrogen (secondary N) is 3. The molecule has 0 saturated heterocycles. The van der Waals surface area contributed by atoms with Gasteiger partial charge in [0.05, 0.1) is 12.2 Å². The largest absolute Gasteiger partial charge is 0.353 e. The molecule has 1 aromatic heterocycles. The number of hydrogen-bond acceptors (Lipinski definition) is 3. The van der Waals surface area contributed by atoms with Crippen LogP contribution in [0.1, 0.15) is 37.6 Å². The molecule has 1 atom stereocenters. The van der Waals surface area contributed by atoms with Crippen LogP contribution in [0, 0.1) is 0 Å². The number of aromatic nitrogens is 2. The number of fused-ring (bicyclic) bond motifs is 1. The molecule has 0 saturated carbocycles. The van der Waals surface area contributed by atoms with Crippen LogP contribution in [0.2, 0.25) is 0 Å². The van der Waals surface area contributed by atoms with Crippen molar-refractivity contribution in [3.63, 3.8) is 0 Å². The number of carbonyl (C=O) groups excluding carboxylic acids is 1. The minimum Gasteiger partial charge on any atom is -0.353 e. The fraction of sp³-hybridized carbons (Fsp3) is 0.450. The van der Waals surface area contributed by atoms with E-state index >= 15 is 0 Å². The molecule has 1 aliphatic rings. The van der Waals surface area contributed by atoms with Crippen molar-refractivity contribution < 1.29 is 4.79 Å². The first-order chi connectivity index (χ1) is 13.0. The zero-order chi connectivity index (χ0) is 19.2. The van der Waals surface area contributed by atoms with Gasteiger partial charge in [-0.1, -0.05) is 18.2 Å². The Morgan fingerprint density at radius 2 is 2.07 bits per heavy atom. The fourth-order valence-electron chi connectivity index (χ4n) is 3.18. The van der Waals surface area contributed by atoms with Gasteiger partial charge < -0.3 is 16.0 Å². The van der Waals surface area contributed by atoms with Crippen molar-refractivity contribution >= 4 is 41.5 Å². The molecular weight excluding hydrogens is 467 g/mol. The van der Waals surface area contributed by atoms with Gasteiger partial charge in [-0.15, -0.1) is 24.0 Å². The van der Waals surface area contributed by atoms with Crippen molar-refractivity contribution in [2.45, 2.75) is 45.2 Å². The molecule has 0 radical (unpaired) electrons. The third-order valence-corrected chi connectivity index (χ3v) is 4.66. The second-order valence-corrected chi connectivity index (χ2v) is 7.10. The number of halogens is 1. The maximum absolute atomic E-state index is 12.1. The van der Waals surface area contributed by atoms with E-state index in [0.717, 1.165) is 30.6 Å². The minimum absolute atomic E-state index is 0. The highest BCUT2D eigenvalue weighted by Gasteiger charge is 2.23. The van der Waals surface area contributed by atoms with E-state index in [0.29, 0.717) is 12.0 Å². The SMILES string of the molecule is CN=C(NCC(=O)Nc1ccccc1)NC1CCc2cn(C(C)C)nc2C1.I. The number of amides is 1. The number of aliphatic imine (C=N–C) groups is 1. The number of hydrogen-bond donors (Lipinski definition) is 3. The van der Waals surface area contributed by atoms with E-state index in [9.17, 15) is 4.79 Å². The second kappa shape index (κ2) is 10.4. The van der Waals surface area contributed by atoms with Crippen LogP contribution in [-0.4, -0.2) is 41.3 Å². The van der Waals surface area contributed by atoms with Crippen molar-refractivity contribution in [1.82, 2.24) is 20.4 Å². The number of anilines is 1. The first kappa shape index (κ1) is 22.2. The van der Waals surface area contributed by atoms with Gasteiger partial charge in [-0.25, -0.2) is 0 Å². The van der Waals surface area contributed by atoms with Crippen LogP contribution in [-0.2, 0) is 17.6 Å². The van der Waals surface area contributed by atoms with E-state index in [2.05, 4.69) is 41.0 Å². The normalized spacial score (nSPS) is 16.1. The summed E-state index contributed by atoms with van der Waals surface area (Å²) in [5.74, 6) is 0.528. The third-order valence-electron chi connectivity index (χ3n) is 4.66. The first-order valence-electron chi connectivity index (χ1n) is 9.44. The number of nitrogens with zero attached hydrogens (tertiary/aromatic N) is 3. The molecule has 0 aliphatic heterocycles. The first-order valence-corrected chi connectivity index (χ1v) is 9.44. The predicted octanol–water partition coefficient (Wildman–Crippen LogP) is 2.74. The van der Waals surface area contributed by atoms with Gasteiger partial charge in [-0.05, 0) is 44.4 Å². The van der Waals surface area contributed by atoms with Crippen LogP contribution in [0.25, 0.3) is 0 Å². The molecule has 1 unspecified atom stereocenters. The summed E-state index contributed by atoms with van der Waals surface area (Å²) in [6, 6.07) is 10.1. The molecule has 3 rings (SSSR count). The lowest BCUT2D eigenvalue weighted by molar-refractivity contribution is -0.115. The van der Waals surface area contributed by atoms with Gasteiger partial charge >= 0.3 is 0 Å². The molecule has 0 spiro atoms. The van der Waals surface area contributed by atoms with Crippen molar-refractivity contribution in [3.8, 4) is 0 Å². The molecule has 8 heteroatoms. The van der Waals surface area contributed by atoms with Crippen molar-refractivity contribution in [2.24, 2.45) is 4.99 Å². The minimum atomic E-state index is -0.106. The summed E-state index contributed by atoms with van der Waals surface area (Å²) in [5, 5.41) is 14.1. The van der Waals surface area contributed by atoms with Crippen molar-refractivity contribution in [1.29, 1.82) is 0 Å². The topological polar surface area (TPSA) is 83.3 Å². The Morgan fingerprint density at radius 1 is 1.32 bits per heavy atom. The van der Waals surface area contributed by atoms with Gasteiger partial charge in [-0.3, -0.25) is 14.5 Å². The van der Waals surface area contributed by atoms with Crippen molar-refractivity contribution in [2.75, 3.05) is 18.9 Å². The van der Waals surface area contributed by atoms with Gasteiger partial charge in [0.15, 0.2) is 5.96 Å². The number of carbonyl (C=O) groups is 1. The lowest BCUT2D eigenvalue weighted by Crippen LogP contribution is -2.47. The van der Waals surface area contributed by atoms with Crippen LogP contribution in [0.15, 0.2) is 41.5 Å². The molecule has 1 heterocycles. The summed E-state index contributed by atoms with van der Waals surface area (Å²) in [6.45, 7) is 4.44. The Kier molecular flexibility index (Phi) is 8.28. The summed E-state index contributed by atoms with van der Waals surface area (Å²) in [6.07, 6.45) is 5.06. The zero-order valence-corrected chi connectivity index (χ0v) is 18.9. The number of guanidine groups is 1. The fourth-order valence-corrected chi connectivity index (χ4v) is 3.18. The Labute approximate surface area is 183 Å². The third kappa shape index (κ3) is 5.95. The molecule has 1 aliphatic carbocycles. The molecule has 2 aromatic rings. The highest BCUT2D eigenvalue weighted by Crippen LogP contribution is 2.21. The van der Waals surface area contributed by atoms with Gasteiger partial charge in [0.1, 0.15) is 0 Å². The molecule has 0 fully saturated rings. The highest BCUT2D eigenvalue weighted by atomic mass is 127. The van der Waals surface area contributed by atoms with E-state index in [1.807, 2.05) is 35.0 Å². The van der Waals surface area contributed by atoms with Gasteiger partial charge in [0.2, 0.25) is 5.91 Å². The number of benzene rings is 1. The molecule has 152 valence electrons. The standard InChI is InChI=1S/C20H28N6O.HI/c1-14(2)26-13-15-9-10-17(11-18(15)25-26)24-20(21-3)22-12-19(27)23-16-7-5-4-6-8-16;/h4-8,13-14,17H,9-12H2,1-3H3,(H,23,27)(H2,21,22,24);1H. The second-order valence-electron chi connectivity index (χ2n) is 7.10. The van der Waals surface area contributed by atoms with Crippen LogP contribution in [0.4, 0.5) is 5.69 Å². The lowest BCUT2D eigenvalue weighted by atomic mass is 9.94. The summed E-state index contributed by atoms with van der Waals surface area (Å²) in [4.78, 5) is 16.3. The van der Waals surface area contributed by atoms with Gasteiger partial charge in [-0.2, -0.15) is 5.10 Å². The molecule has 1 amide bonds. The van der Waals surface area contributed by atoms with Crippen LogP contribution in [0.5, 0.6) is 0 Å². The van der Waals surface area contributed by atoms with Gasteiger partial charge in [0.25, 0.3) is 0 Å². The van der Waals surface area contributed by atoms with E-state index in [1.165, 1.54) is 5.56 Å². The monoisotopic (exact) mass is 496 g/mol. The molecule has 28 heavy (non-hydrogen) atoms. The maximum Gasteiger partial charge on any atom is 0.243 e. The van der Waals surface area contributed by atoms with Crippen LogP contribution < -0.4 is 16.0 Å². The van der Waals surface area contributed by atoms with Crippen molar-refractivity contribution in [3.05, 3.63) is 47.8 Å². The maximum atomic E-state index is 12.1. The number of rotatable bonds is 5. The average molecular weight is 496 g/mol. The Morgan fingerprint density at radius 3 is 2.75 bits per heavy atom. The molecular formula is C20H29IN6O. The lowest BCUT2D eigenvalue weighted by Gasteiger charge is -2.24. The summed E-state index contributed by atoms with van der Waals surface area (Å²) in [7, 11) is 1.71. The summed E-state index contributed by atoms with van der Waals surface area (Å²) < 4.78 is 2.04. The van der Waals surface area contributed by atoms with E-state index in [1.54, 1.807) is 7.05 Å². The number of aryl methyl sites for hydroxylation is 1. The highest BCUT2D eigenvalue weighted by molar-refractivity contribution is 14.0. The van der Waals surface area contributed by atoms with Gasteiger partial charge in [0, 0.05) is 37.4 Å². The number of para-hydroxylation sites is 1. The van der Waals surface area contributed by atoms with Crippen LogP contribution in [0.3, 0.4) is 0 Å². The van der Waals surface area contributed by atoms with E-state index < -0.39 is 0 Å². The molecule has 0 bridgehead atoms. The summed E-state index contributed by atoms with van der Waals surface area (Å²) >= 11 is 0. The quantitative estimate of drug-likeness (QED) is 0.338. The smallest absolute Gasteiger partial charge is 0.243 e. The summed E-state index contributed by atoms with van der Waals surface area (Å²) in [5.41, 5.74) is 3.28. The zero-order valence-electron chi connectivity index (χ0n) is 16.6. The Bertz CT molecular complexity index is 802. The molecule has 3 N–H and O–H groups in total. The Hall–Kier alpha value is -2.10. The Balaban J connectivity index is 0.00000280. The average Bonchev–Trinajstić information content (AvgIpc) is 3.09. The van der Waals surface area contributed by atoms with E-state index in [-0.39, 0.29) is 42.5 Å². The molecule has 7 nitrogen and oxygen atoms in total.